The highest BCUT2D eigenvalue weighted by molar-refractivity contribution is 8.26. The number of carbonyl (C=O) groups excluding carboxylic acids is 1. The first-order chi connectivity index (χ1) is 15.5. The highest BCUT2D eigenvalue weighted by Crippen LogP contribution is 2.34. The highest BCUT2D eigenvalue weighted by Gasteiger charge is 2.33. The summed E-state index contributed by atoms with van der Waals surface area (Å²) in [6.45, 7) is 3.80. The summed E-state index contributed by atoms with van der Waals surface area (Å²) in [5, 5.41) is 0. The number of thiocarbonyl (C=S) groups is 1. The van der Waals surface area contributed by atoms with E-state index in [2.05, 4.69) is 4.90 Å². The Morgan fingerprint density at radius 3 is 2.78 bits per heavy atom. The number of anilines is 1. The molecule has 0 aromatic carbocycles. The number of aromatic nitrogens is 2. The summed E-state index contributed by atoms with van der Waals surface area (Å²) in [5.41, 5.74) is 1.78. The fourth-order valence-electron chi connectivity index (χ4n) is 3.72. The van der Waals surface area contributed by atoms with Crippen LogP contribution in [0.3, 0.4) is 0 Å². The molecule has 0 bridgehead atoms. The standard InChI is InChI=1S/C22H20N4O3S3/c1-14-4-5-18-23-19(24-6-9-31-10-7-24)16(20(27)25(18)12-14)11-17-21(28)26(22(30)32-17)13-15-3-2-8-29-15/h2-5,8,11-12H,6-7,9-10,13H2,1H3/b17-11-. The van der Waals surface area contributed by atoms with Crippen LogP contribution in [0, 0.1) is 6.92 Å². The average molecular weight is 485 g/mol. The molecule has 0 atom stereocenters. The summed E-state index contributed by atoms with van der Waals surface area (Å²) in [6, 6.07) is 7.37. The second-order valence-corrected chi connectivity index (χ2v) is 10.4. The molecule has 0 radical (unpaired) electrons. The Hall–Kier alpha value is -2.56. The van der Waals surface area contributed by atoms with Crippen molar-refractivity contribution in [3.05, 3.63) is 68.9 Å². The van der Waals surface area contributed by atoms with Gasteiger partial charge in [-0.2, -0.15) is 11.8 Å². The predicted octanol–water partition coefficient (Wildman–Crippen LogP) is 3.55. The molecule has 164 valence electrons. The van der Waals surface area contributed by atoms with Gasteiger partial charge in [0.05, 0.1) is 23.3 Å². The van der Waals surface area contributed by atoms with E-state index in [0.717, 1.165) is 30.2 Å². The van der Waals surface area contributed by atoms with Gasteiger partial charge in [0.25, 0.3) is 11.5 Å². The summed E-state index contributed by atoms with van der Waals surface area (Å²) in [5.74, 6) is 2.98. The number of carbonyl (C=O) groups is 1. The van der Waals surface area contributed by atoms with Gasteiger partial charge in [0.15, 0.2) is 0 Å². The fraction of sp³-hybridized carbons (Fsp3) is 0.273. The van der Waals surface area contributed by atoms with Gasteiger partial charge in [0.2, 0.25) is 0 Å². The molecule has 7 nitrogen and oxygen atoms in total. The lowest BCUT2D eigenvalue weighted by Gasteiger charge is -2.28. The molecule has 5 heterocycles. The number of hydrogen-bond donors (Lipinski definition) is 0. The van der Waals surface area contributed by atoms with E-state index < -0.39 is 0 Å². The molecule has 0 spiro atoms. The number of nitrogens with zero attached hydrogens (tertiary/aromatic N) is 4. The Bertz CT molecular complexity index is 1290. The van der Waals surface area contributed by atoms with Gasteiger partial charge in [-0.15, -0.1) is 0 Å². The van der Waals surface area contributed by atoms with E-state index in [1.165, 1.54) is 16.7 Å². The lowest BCUT2D eigenvalue weighted by Crippen LogP contribution is -2.36. The van der Waals surface area contributed by atoms with Crippen LogP contribution in [0.25, 0.3) is 11.7 Å². The van der Waals surface area contributed by atoms with Gasteiger partial charge >= 0.3 is 0 Å². The summed E-state index contributed by atoms with van der Waals surface area (Å²) in [7, 11) is 0. The number of hydrogen-bond acceptors (Lipinski definition) is 8. The van der Waals surface area contributed by atoms with Crippen molar-refractivity contribution in [2.45, 2.75) is 13.5 Å². The maximum atomic E-state index is 13.5. The molecule has 2 aliphatic rings. The molecule has 2 saturated heterocycles. The second kappa shape index (κ2) is 8.76. The van der Waals surface area contributed by atoms with Crippen molar-refractivity contribution in [1.82, 2.24) is 14.3 Å². The number of amides is 1. The van der Waals surface area contributed by atoms with Crippen LogP contribution < -0.4 is 10.5 Å². The molecule has 0 N–H and O–H groups in total. The molecule has 1 amide bonds. The average Bonchev–Trinajstić information content (AvgIpc) is 3.40. The topological polar surface area (TPSA) is 71.1 Å². The first-order valence-electron chi connectivity index (χ1n) is 10.1. The van der Waals surface area contributed by atoms with E-state index in [-0.39, 0.29) is 18.0 Å². The molecule has 10 heteroatoms. The molecular weight excluding hydrogens is 464 g/mol. The summed E-state index contributed by atoms with van der Waals surface area (Å²) < 4.78 is 7.36. The number of rotatable bonds is 4. The van der Waals surface area contributed by atoms with E-state index in [1.807, 2.05) is 30.8 Å². The zero-order valence-electron chi connectivity index (χ0n) is 17.3. The van der Waals surface area contributed by atoms with Gasteiger partial charge in [-0.3, -0.25) is 18.9 Å². The molecule has 2 aliphatic heterocycles. The summed E-state index contributed by atoms with van der Waals surface area (Å²) in [4.78, 5) is 35.5. The Balaban J connectivity index is 1.60. The van der Waals surface area contributed by atoms with E-state index in [4.69, 9.17) is 21.6 Å². The van der Waals surface area contributed by atoms with Gasteiger partial charge in [-0.05, 0) is 36.8 Å². The van der Waals surface area contributed by atoms with Crippen molar-refractivity contribution in [3.8, 4) is 0 Å². The van der Waals surface area contributed by atoms with Crippen LogP contribution in [0.4, 0.5) is 5.82 Å². The number of thioether (sulfide) groups is 2. The Kier molecular flexibility index (Phi) is 5.83. The summed E-state index contributed by atoms with van der Waals surface area (Å²) >= 11 is 8.53. The molecule has 5 rings (SSSR count). The zero-order valence-corrected chi connectivity index (χ0v) is 19.8. The Morgan fingerprint density at radius 2 is 2.03 bits per heavy atom. The summed E-state index contributed by atoms with van der Waals surface area (Å²) in [6.07, 6.45) is 5.00. The third-order valence-electron chi connectivity index (χ3n) is 5.34. The minimum Gasteiger partial charge on any atom is -0.467 e. The molecule has 3 aromatic rings. The Morgan fingerprint density at radius 1 is 1.22 bits per heavy atom. The quantitative estimate of drug-likeness (QED) is 0.411. The van der Waals surface area contributed by atoms with E-state index >= 15 is 0 Å². The van der Waals surface area contributed by atoms with Crippen molar-refractivity contribution in [1.29, 1.82) is 0 Å². The van der Waals surface area contributed by atoms with E-state index in [9.17, 15) is 9.59 Å². The highest BCUT2D eigenvalue weighted by atomic mass is 32.2. The van der Waals surface area contributed by atoms with Gasteiger partial charge in [0.1, 0.15) is 21.5 Å². The van der Waals surface area contributed by atoms with Crippen molar-refractivity contribution >= 4 is 63.5 Å². The first-order valence-corrected chi connectivity index (χ1v) is 12.5. The van der Waals surface area contributed by atoms with Crippen LogP contribution in [0.5, 0.6) is 0 Å². The van der Waals surface area contributed by atoms with Crippen molar-refractivity contribution in [3.63, 3.8) is 0 Å². The molecule has 32 heavy (non-hydrogen) atoms. The minimum absolute atomic E-state index is 0.191. The monoisotopic (exact) mass is 484 g/mol. The molecule has 2 fully saturated rings. The second-order valence-electron chi connectivity index (χ2n) is 7.54. The molecular formula is C22H20N4O3S3. The third kappa shape index (κ3) is 3.98. The number of furan rings is 1. The normalized spacial score (nSPS) is 18.3. The van der Waals surface area contributed by atoms with Crippen molar-refractivity contribution in [2.75, 3.05) is 29.5 Å². The third-order valence-corrected chi connectivity index (χ3v) is 7.66. The first kappa shape index (κ1) is 21.3. The fourth-order valence-corrected chi connectivity index (χ4v) is 5.86. The largest absolute Gasteiger partial charge is 0.467 e. The van der Waals surface area contributed by atoms with Crippen LogP contribution in [0.1, 0.15) is 16.9 Å². The number of aryl methyl sites for hydroxylation is 1. The zero-order chi connectivity index (χ0) is 22.2. The van der Waals surface area contributed by atoms with Gasteiger partial charge in [-0.1, -0.05) is 30.0 Å². The predicted molar refractivity (Wildman–Crippen MR) is 133 cm³/mol. The van der Waals surface area contributed by atoms with Crippen LogP contribution in [-0.4, -0.2) is 49.1 Å². The maximum absolute atomic E-state index is 13.5. The van der Waals surface area contributed by atoms with Gasteiger partial charge in [0, 0.05) is 30.8 Å². The number of pyridine rings is 1. The number of fused-ring (bicyclic) bond motifs is 1. The Labute approximate surface area is 198 Å². The van der Waals surface area contributed by atoms with Crippen LogP contribution in [-0.2, 0) is 11.3 Å². The van der Waals surface area contributed by atoms with Crippen LogP contribution in [0.15, 0.2) is 50.8 Å². The maximum Gasteiger partial charge on any atom is 0.267 e. The van der Waals surface area contributed by atoms with E-state index in [0.29, 0.717) is 32.0 Å². The molecule has 0 aliphatic carbocycles. The SMILES string of the molecule is Cc1ccc2nc(N3CCSCC3)c(/C=C3\SC(=S)N(Cc4ccco4)C3=O)c(=O)n2c1. The van der Waals surface area contributed by atoms with Gasteiger partial charge < -0.3 is 9.32 Å². The van der Waals surface area contributed by atoms with Crippen molar-refractivity contribution < 1.29 is 9.21 Å². The lowest BCUT2D eigenvalue weighted by atomic mass is 10.2. The smallest absolute Gasteiger partial charge is 0.267 e. The minimum atomic E-state index is -0.231. The lowest BCUT2D eigenvalue weighted by molar-refractivity contribution is -0.122. The molecule has 0 unspecified atom stereocenters. The molecule has 3 aromatic heterocycles. The van der Waals surface area contributed by atoms with E-state index in [1.54, 1.807) is 35.1 Å². The van der Waals surface area contributed by atoms with Crippen LogP contribution in [0.2, 0.25) is 0 Å². The van der Waals surface area contributed by atoms with Crippen molar-refractivity contribution in [2.24, 2.45) is 0 Å². The van der Waals surface area contributed by atoms with Gasteiger partial charge in [-0.25, -0.2) is 4.98 Å². The molecule has 0 saturated carbocycles. The van der Waals surface area contributed by atoms with Crippen LogP contribution >= 0.6 is 35.7 Å².